The van der Waals surface area contributed by atoms with E-state index in [1.807, 2.05) is 12.1 Å². The SMILES string of the molecule is O=C(O)c1cc2c(Br)c(NC3CCN(C(=O)c4c(Cl)cccc4Cl)CC3)ccc2o1.O=C(O)c1cc2c(Br)c(NC3CCN(C(=O)c4cccc(Cl)c4Cl)CC3)ccc2o1. The number of carboxylic acids is 2. The number of likely N-dealkylation sites (tertiary alicyclic amines) is 2. The number of hydrogen-bond donors (Lipinski definition) is 4. The fraction of sp³-hybridized carbons (Fsp3) is 0.238. The number of anilines is 2. The van der Waals surface area contributed by atoms with Crippen LogP contribution in [0.5, 0.6) is 0 Å². The number of aromatic carboxylic acids is 2. The van der Waals surface area contributed by atoms with E-state index in [1.165, 1.54) is 12.1 Å². The minimum absolute atomic E-state index is 0.102. The van der Waals surface area contributed by atoms with Crippen molar-refractivity contribution >= 4 is 135 Å². The standard InChI is InChI=1S/2C21H17BrCl2N2O4/c22-19-12-10-17(21(28)29)30-16(12)5-4-15(19)25-11-6-8-26(9-7-11)20(27)18-13(23)2-1-3-14(18)24;22-18-13-10-17(21(28)29)30-16(13)5-4-15(18)25-11-6-8-26(9-7-11)20(27)12-2-1-3-14(23)19(12)24/h2*1-5,10-11,25H,6-9H2,(H,28,29). The number of fused-ring (bicyclic) bond motifs is 2. The molecule has 0 bridgehead atoms. The number of furan rings is 2. The third-order valence-electron chi connectivity index (χ3n) is 10.3. The molecule has 60 heavy (non-hydrogen) atoms. The van der Waals surface area contributed by atoms with Crippen molar-refractivity contribution in [3.05, 3.63) is 124 Å². The number of piperidine rings is 2. The van der Waals surface area contributed by atoms with Crippen LogP contribution in [0.15, 0.2) is 90.6 Å². The van der Waals surface area contributed by atoms with Gasteiger partial charge in [-0.05, 0) is 106 Å². The first kappa shape index (κ1) is 43.6. The maximum atomic E-state index is 12.8. The van der Waals surface area contributed by atoms with Crippen molar-refractivity contribution in [2.45, 2.75) is 37.8 Å². The molecule has 0 unspecified atom stereocenters. The lowest BCUT2D eigenvalue weighted by Gasteiger charge is -2.33. The zero-order chi connectivity index (χ0) is 42.8. The number of nitrogens with zero attached hydrogens (tertiary/aromatic N) is 2. The molecular formula is C42H34Br2Cl4N4O8. The molecule has 4 aromatic carbocycles. The molecular weight excluding hydrogens is 990 g/mol. The Morgan fingerprint density at radius 1 is 0.600 bits per heavy atom. The first-order valence-corrected chi connectivity index (χ1v) is 21.7. The van der Waals surface area contributed by atoms with E-state index in [-0.39, 0.29) is 40.4 Å². The lowest BCUT2D eigenvalue weighted by Crippen LogP contribution is -2.42. The molecule has 0 aliphatic carbocycles. The zero-order valence-corrected chi connectivity index (χ0v) is 37.4. The quantitative estimate of drug-likeness (QED) is 0.115. The minimum Gasteiger partial charge on any atom is -0.475 e. The normalized spacial score (nSPS) is 14.8. The van der Waals surface area contributed by atoms with Crippen LogP contribution in [0.2, 0.25) is 20.1 Å². The van der Waals surface area contributed by atoms with Gasteiger partial charge in [-0.2, -0.15) is 0 Å². The smallest absolute Gasteiger partial charge is 0.371 e. The van der Waals surface area contributed by atoms with Gasteiger partial charge in [0.05, 0.1) is 40.2 Å². The van der Waals surface area contributed by atoms with Gasteiger partial charge in [-0.3, -0.25) is 9.59 Å². The van der Waals surface area contributed by atoms with E-state index in [2.05, 4.69) is 42.5 Å². The number of carboxylic acid groups (broad SMARTS) is 2. The van der Waals surface area contributed by atoms with Crippen LogP contribution in [0.4, 0.5) is 11.4 Å². The Bertz CT molecular complexity index is 2620. The monoisotopic (exact) mass is 1020 g/mol. The highest BCUT2D eigenvalue weighted by atomic mass is 79.9. The Balaban J connectivity index is 0.000000181. The molecule has 312 valence electrons. The molecule has 2 amide bonds. The predicted octanol–water partition coefficient (Wildman–Crippen LogP) is 11.8. The van der Waals surface area contributed by atoms with Crippen LogP contribution < -0.4 is 10.6 Å². The lowest BCUT2D eigenvalue weighted by atomic mass is 10.0. The molecule has 6 aromatic rings. The van der Waals surface area contributed by atoms with Gasteiger partial charge in [0.15, 0.2) is 0 Å². The van der Waals surface area contributed by atoms with Gasteiger partial charge in [0.2, 0.25) is 11.5 Å². The Morgan fingerprint density at radius 3 is 1.47 bits per heavy atom. The summed E-state index contributed by atoms with van der Waals surface area (Å²) in [5.41, 5.74) is 3.46. The Kier molecular flexibility index (Phi) is 13.6. The van der Waals surface area contributed by atoms with Crippen molar-refractivity contribution in [3.8, 4) is 0 Å². The summed E-state index contributed by atoms with van der Waals surface area (Å²) in [4.78, 5) is 51.5. The summed E-state index contributed by atoms with van der Waals surface area (Å²) in [7, 11) is 0. The minimum atomic E-state index is -1.11. The zero-order valence-electron chi connectivity index (χ0n) is 31.2. The summed E-state index contributed by atoms with van der Waals surface area (Å²) >= 11 is 31.6. The summed E-state index contributed by atoms with van der Waals surface area (Å²) in [6, 6.07) is 20.6. The number of nitrogens with one attached hydrogen (secondary N) is 2. The number of halogens is 6. The van der Waals surface area contributed by atoms with Gasteiger partial charge >= 0.3 is 11.9 Å². The fourth-order valence-corrected chi connectivity index (χ4v) is 9.24. The Labute approximate surface area is 379 Å². The maximum absolute atomic E-state index is 12.8. The van der Waals surface area contributed by atoms with E-state index in [0.717, 1.165) is 46.0 Å². The number of hydrogen-bond acceptors (Lipinski definition) is 8. The molecule has 0 saturated carbocycles. The topological polar surface area (TPSA) is 166 Å². The molecule has 0 radical (unpaired) electrons. The van der Waals surface area contributed by atoms with Crippen LogP contribution in [0.1, 0.15) is 67.5 Å². The first-order valence-electron chi connectivity index (χ1n) is 18.6. The van der Waals surface area contributed by atoms with Gasteiger partial charge in [-0.25, -0.2) is 9.59 Å². The molecule has 0 spiro atoms. The average Bonchev–Trinajstić information content (AvgIpc) is 3.88. The lowest BCUT2D eigenvalue weighted by molar-refractivity contribution is 0.0655. The van der Waals surface area contributed by atoms with Crippen molar-refractivity contribution in [2.75, 3.05) is 36.8 Å². The second-order valence-electron chi connectivity index (χ2n) is 14.1. The number of amides is 2. The molecule has 4 heterocycles. The molecule has 2 saturated heterocycles. The molecule has 2 aromatic heterocycles. The summed E-state index contributed by atoms with van der Waals surface area (Å²) in [6.07, 6.45) is 3.04. The molecule has 2 fully saturated rings. The van der Waals surface area contributed by atoms with Crippen LogP contribution in [-0.4, -0.2) is 82.0 Å². The van der Waals surface area contributed by atoms with E-state index in [1.54, 1.807) is 58.3 Å². The summed E-state index contributed by atoms with van der Waals surface area (Å²) < 4.78 is 12.2. The summed E-state index contributed by atoms with van der Waals surface area (Å²) in [5, 5.41) is 27.9. The molecule has 4 N–H and O–H groups in total. The second-order valence-corrected chi connectivity index (χ2v) is 17.3. The van der Waals surface area contributed by atoms with Crippen molar-refractivity contribution in [1.82, 2.24) is 9.80 Å². The Morgan fingerprint density at radius 2 is 1.02 bits per heavy atom. The van der Waals surface area contributed by atoms with E-state index < -0.39 is 11.9 Å². The largest absolute Gasteiger partial charge is 0.475 e. The summed E-state index contributed by atoms with van der Waals surface area (Å²) in [5.74, 6) is -2.70. The predicted molar refractivity (Wildman–Crippen MR) is 240 cm³/mol. The van der Waals surface area contributed by atoms with E-state index in [4.69, 9.17) is 65.5 Å². The van der Waals surface area contributed by atoms with Crippen molar-refractivity contribution in [3.63, 3.8) is 0 Å². The number of rotatable bonds is 8. The highest BCUT2D eigenvalue weighted by Gasteiger charge is 2.28. The van der Waals surface area contributed by atoms with Gasteiger partial charge in [-0.1, -0.05) is 58.5 Å². The molecule has 2 aliphatic rings. The second kappa shape index (κ2) is 18.7. The third kappa shape index (κ3) is 9.39. The van der Waals surface area contributed by atoms with Gasteiger partial charge < -0.3 is 39.5 Å². The van der Waals surface area contributed by atoms with Gasteiger partial charge in [0, 0.05) is 72.5 Å². The van der Waals surface area contributed by atoms with Gasteiger partial charge in [-0.15, -0.1) is 0 Å². The van der Waals surface area contributed by atoms with E-state index in [0.29, 0.717) is 74.3 Å². The van der Waals surface area contributed by atoms with Crippen LogP contribution in [0, 0.1) is 0 Å². The molecule has 0 atom stereocenters. The van der Waals surface area contributed by atoms with Gasteiger partial charge in [0.25, 0.3) is 11.8 Å². The van der Waals surface area contributed by atoms with Gasteiger partial charge in [0.1, 0.15) is 11.2 Å². The van der Waals surface area contributed by atoms with Crippen molar-refractivity contribution in [2.24, 2.45) is 0 Å². The number of carbonyl (C=O) groups excluding carboxylic acids is 2. The highest BCUT2D eigenvalue weighted by molar-refractivity contribution is 9.11. The van der Waals surface area contributed by atoms with Crippen molar-refractivity contribution < 1.29 is 38.2 Å². The van der Waals surface area contributed by atoms with Crippen LogP contribution in [0.3, 0.4) is 0 Å². The third-order valence-corrected chi connectivity index (χ3v) is 13.5. The maximum Gasteiger partial charge on any atom is 0.371 e. The van der Waals surface area contributed by atoms with E-state index in [9.17, 15) is 19.2 Å². The summed E-state index contributed by atoms with van der Waals surface area (Å²) in [6.45, 7) is 2.34. The van der Waals surface area contributed by atoms with Crippen LogP contribution >= 0.6 is 78.3 Å². The average molecular weight is 1020 g/mol. The molecule has 18 heteroatoms. The van der Waals surface area contributed by atoms with Crippen LogP contribution in [0.25, 0.3) is 21.9 Å². The number of carbonyl (C=O) groups is 4. The molecule has 12 nitrogen and oxygen atoms in total. The first-order chi connectivity index (χ1) is 28.7. The van der Waals surface area contributed by atoms with Crippen molar-refractivity contribution in [1.29, 1.82) is 0 Å². The molecule has 2 aliphatic heterocycles. The number of benzene rings is 4. The molecule has 8 rings (SSSR count). The highest BCUT2D eigenvalue weighted by Crippen LogP contribution is 2.37. The Hall–Kier alpha value is -4.44. The van der Waals surface area contributed by atoms with E-state index >= 15 is 0 Å². The van der Waals surface area contributed by atoms with Crippen LogP contribution in [-0.2, 0) is 0 Å². The fourth-order valence-electron chi connectivity index (χ4n) is 7.18.